The van der Waals surface area contributed by atoms with Gasteiger partial charge in [0.1, 0.15) is 5.75 Å². The normalized spacial score (nSPS) is 10.1. The van der Waals surface area contributed by atoms with Crippen LogP contribution in [0.2, 0.25) is 5.02 Å². The number of anilines is 1. The molecule has 1 aromatic heterocycles. The predicted molar refractivity (Wildman–Crippen MR) is 74.5 cm³/mol. The Bertz CT molecular complexity index is 502. The van der Waals surface area contributed by atoms with Crippen molar-refractivity contribution in [2.24, 2.45) is 0 Å². The third-order valence-corrected chi connectivity index (χ3v) is 2.60. The minimum atomic E-state index is 0.687. The highest BCUT2D eigenvalue weighted by atomic mass is 35.5. The maximum Gasteiger partial charge on any atom is 0.150 e. The summed E-state index contributed by atoms with van der Waals surface area (Å²) in [5.74, 6) is 1.46. The Hall–Kier alpha value is -1.74. The summed E-state index contributed by atoms with van der Waals surface area (Å²) in [5, 5.41) is 3.98. The van der Waals surface area contributed by atoms with Gasteiger partial charge < -0.3 is 10.1 Å². The van der Waals surface area contributed by atoms with Gasteiger partial charge in [0.05, 0.1) is 11.9 Å². The molecule has 0 amide bonds. The fraction of sp³-hybridized carbons (Fsp3) is 0.214. The van der Waals surface area contributed by atoms with Crippen LogP contribution in [-0.4, -0.2) is 11.5 Å². The molecule has 0 spiro atoms. The van der Waals surface area contributed by atoms with Crippen molar-refractivity contribution in [3.8, 4) is 11.5 Å². The molecular formula is C14H15ClN2O. The predicted octanol–water partition coefficient (Wildman–Crippen LogP) is 4.35. The Morgan fingerprint density at radius 3 is 2.94 bits per heavy atom. The van der Waals surface area contributed by atoms with E-state index in [2.05, 4.69) is 17.2 Å². The largest absolute Gasteiger partial charge is 0.454 e. The lowest BCUT2D eigenvalue weighted by atomic mass is 10.3. The van der Waals surface area contributed by atoms with Crippen LogP contribution in [0.4, 0.5) is 5.69 Å². The first-order valence-corrected chi connectivity index (χ1v) is 6.28. The van der Waals surface area contributed by atoms with Gasteiger partial charge in [0.25, 0.3) is 0 Å². The molecule has 4 heteroatoms. The smallest absolute Gasteiger partial charge is 0.150 e. The monoisotopic (exact) mass is 262 g/mol. The fourth-order valence-corrected chi connectivity index (χ4v) is 1.70. The molecule has 3 nitrogen and oxygen atoms in total. The molecule has 0 atom stereocenters. The summed E-state index contributed by atoms with van der Waals surface area (Å²) in [4.78, 5) is 4.02. The second-order valence-corrected chi connectivity index (χ2v) is 4.29. The summed E-state index contributed by atoms with van der Waals surface area (Å²) in [6, 6.07) is 9.23. The van der Waals surface area contributed by atoms with E-state index >= 15 is 0 Å². The molecule has 0 radical (unpaired) electrons. The third-order valence-electron chi connectivity index (χ3n) is 2.37. The summed E-state index contributed by atoms with van der Waals surface area (Å²) in [5.41, 5.74) is 0.896. The van der Waals surface area contributed by atoms with E-state index in [-0.39, 0.29) is 0 Å². The summed E-state index contributed by atoms with van der Waals surface area (Å²) in [6.07, 6.45) is 4.43. The SMILES string of the molecule is CCCNc1cc(Cl)ccc1Oc1cccnc1. The molecule has 0 saturated heterocycles. The Morgan fingerprint density at radius 2 is 2.22 bits per heavy atom. The van der Waals surface area contributed by atoms with Crippen LogP contribution in [0.3, 0.4) is 0 Å². The zero-order valence-electron chi connectivity index (χ0n) is 10.2. The van der Waals surface area contributed by atoms with Crippen LogP contribution in [0.1, 0.15) is 13.3 Å². The van der Waals surface area contributed by atoms with Gasteiger partial charge >= 0.3 is 0 Å². The molecule has 1 aromatic carbocycles. The molecule has 1 heterocycles. The average Bonchev–Trinajstić information content (AvgIpc) is 2.40. The van der Waals surface area contributed by atoms with E-state index in [0.717, 1.165) is 24.4 Å². The van der Waals surface area contributed by atoms with E-state index in [0.29, 0.717) is 10.8 Å². The number of halogens is 1. The van der Waals surface area contributed by atoms with Crippen LogP contribution in [0.25, 0.3) is 0 Å². The van der Waals surface area contributed by atoms with Gasteiger partial charge in [-0.2, -0.15) is 0 Å². The average molecular weight is 263 g/mol. The zero-order valence-corrected chi connectivity index (χ0v) is 10.9. The van der Waals surface area contributed by atoms with Gasteiger partial charge in [-0.15, -0.1) is 0 Å². The molecule has 0 fully saturated rings. The summed E-state index contributed by atoms with van der Waals surface area (Å²) >= 11 is 5.99. The second kappa shape index (κ2) is 6.26. The van der Waals surface area contributed by atoms with Crippen molar-refractivity contribution in [1.82, 2.24) is 4.98 Å². The van der Waals surface area contributed by atoms with Gasteiger partial charge in [-0.05, 0) is 36.8 Å². The summed E-state index contributed by atoms with van der Waals surface area (Å²) in [6.45, 7) is 2.99. The molecule has 2 aromatic rings. The van der Waals surface area contributed by atoms with E-state index < -0.39 is 0 Å². The lowest BCUT2D eigenvalue weighted by molar-refractivity contribution is 0.482. The number of ether oxygens (including phenoxy) is 1. The van der Waals surface area contributed by atoms with Gasteiger partial charge in [-0.3, -0.25) is 4.98 Å². The van der Waals surface area contributed by atoms with Crippen molar-refractivity contribution < 1.29 is 4.74 Å². The number of nitrogens with zero attached hydrogens (tertiary/aromatic N) is 1. The fourth-order valence-electron chi connectivity index (χ4n) is 1.52. The lowest BCUT2D eigenvalue weighted by Gasteiger charge is -2.12. The molecule has 94 valence electrons. The minimum absolute atomic E-state index is 0.687. The van der Waals surface area contributed by atoms with Crippen LogP contribution in [0.5, 0.6) is 11.5 Å². The second-order valence-electron chi connectivity index (χ2n) is 3.86. The van der Waals surface area contributed by atoms with Gasteiger partial charge in [0.2, 0.25) is 0 Å². The van der Waals surface area contributed by atoms with Gasteiger partial charge in [-0.25, -0.2) is 0 Å². The highest BCUT2D eigenvalue weighted by molar-refractivity contribution is 6.30. The third kappa shape index (κ3) is 3.37. The number of hydrogen-bond acceptors (Lipinski definition) is 3. The molecular weight excluding hydrogens is 248 g/mol. The molecule has 18 heavy (non-hydrogen) atoms. The Kier molecular flexibility index (Phi) is 4.42. The van der Waals surface area contributed by atoms with E-state index in [1.54, 1.807) is 12.4 Å². The molecule has 0 unspecified atom stereocenters. The minimum Gasteiger partial charge on any atom is -0.454 e. The van der Waals surface area contributed by atoms with Crippen molar-refractivity contribution in [3.05, 3.63) is 47.7 Å². The van der Waals surface area contributed by atoms with Crippen molar-refractivity contribution in [2.45, 2.75) is 13.3 Å². The Morgan fingerprint density at radius 1 is 1.33 bits per heavy atom. The number of nitrogens with one attached hydrogen (secondary N) is 1. The molecule has 0 bridgehead atoms. The summed E-state index contributed by atoms with van der Waals surface area (Å²) < 4.78 is 5.78. The highest BCUT2D eigenvalue weighted by Gasteiger charge is 2.05. The topological polar surface area (TPSA) is 34.1 Å². The zero-order chi connectivity index (χ0) is 12.8. The van der Waals surface area contributed by atoms with E-state index in [4.69, 9.17) is 16.3 Å². The Balaban J connectivity index is 2.21. The van der Waals surface area contributed by atoms with Crippen LogP contribution < -0.4 is 10.1 Å². The van der Waals surface area contributed by atoms with E-state index in [1.807, 2.05) is 30.3 Å². The first-order chi connectivity index (χ1) is 8.79. The van der Waals surface area contributed by atoms with Crippen LogP contribution in [0, 0.1) is 0 Å². The molecule has 0 saturated carbocycles. The maximum absolute atomic E-state index is 5.99. The van der Waals surface area contributed by atoms with Crippen molar-refractivity contribution in [3.63, 3.8) is 0 Å². The van der Waals surface area contributed by atoms with Crippen molar-refractivity contribution in [1.29, 1.82) is 0 Å². The van der Waals surface area contributed by atoms with E-state index in [1.165, 1.54) is 0 Å². The molecule has 0 aliphatic heterocycles. The van der Waals surface area contributed by atoms with Crippen molar-refractivity contribution in [2.75, 3.05) is 11.9 Å². The van der Waals surface area contributed by atoms with E-state index in [9.17, 15) is 0 Å². The molecule has 0 aliphatic carbocycles. The molecule has 0 aliphatic rings. The lowest BCUT2D eigenvalue weighted by Crippen LogP contribution is -2.01. The standard InChI is InChI=1S/C14H15ClN2O/c1-2-7-17-13-9-11(15)5-6-14(13)18-12-4-3-8-16-10-12/h3-6,8-10,17H,2,7H2,1H3. The van der Waals surface area contributed by atoms with Crippen LogP contribution in [0.15, 0.2) is 42.7 Å². The molecule has 2 rings (SSSR count). The van der Waals surface area contributed by atoms with Crippen molar-refractivity contribution >= 4 is 17.3 Å². The van der Waals surface area contributed by atoms with Crippen LogP contribution in [-0.2, 0) is 0 Å². The quantitative estimate of drug-likeness (QED) is 0.870. The number of hydrogen-bond donors (Lipinski definition) is 1. The highest BCUT2D eigenvalue weighted by Crippen LogP contribution is 2.31. The van der Waals surface area contributed by atoms with Gasteiger partial charge in [0.15, 0.2) is 5.75 Å². The first-order valence-electron chi connectivity index (χ1n) is 5.91. The van der Waals surface area contributed by atoms with Gasteiger partial charge in [0, 0.05) is 17.8 Å². The van der Waals surface area contributed by atoms with Gasteiger partial charge in [-0.1, -0.05) is 18.5 Å². The molecule has 1 N–H and O–H groups in total. The maximum atomic E-state index is 5.99. The van der Waals surface area contributed by atoms with Crippen LogP contribution >= 0.6 is 11.6 Å². The number of aromatic nitrogens is 1. The number of rotatable bonds is 5. The number of pyridine rings is 1. The summed E-state index contributed by atoms with van der Waals surface area (Å²) in [7, 11) is 0. The number of benzene rings is 1. The Labute approximate surface area is 112 Å². The first kappa shape index (κ1) is 12.7.